The van der Waals surface area contributed by atoms with E-state index in [1.807, 2.05) is 0 Å². The maximum atomic E-state index is 11.1. The first kappa shape index (κ1) is 10.8. The lowest BCUT2D eigenvalue weighted by Gasteiger charge is -2.33. The Labute approximate surface area is 98.9 Å². The molecule has 1 N–H and O–H groups in total. The summed E-state index contributed by atoms with van der Waals surface area (Å²) in [6, 6.07) is 0. The lowest BCUT2D eigenvalue weighted by atomic mass is 9.78. The Morgan fingerprint density at radius 2 is 1.94 bits per heavy atom. The number of hydrogen-bond acceptors (Lipinski definition) is 1. The van der Waals surface area contributed by atoms with Crippen molar-refractivity contribution < 1.29 is 5.11 Å². The topological polar surface area (TPSA) is 20.2 Å². The highest BCUT2D eigenvalue weighted by Gasteiger charge is 2.67. The van der Waals surface area contributed by atoms with E-state index in [1.165, 1.54) is 24.8 Å². The van der Waals surface area contributed by atoms with Gasteiger partial charge in [-0.1, -0.05) is 33.8 Å². The second-order valence-electron chi connectivity index (χ2n) is 7.41. The SMILES string of the molecule is C[C@@H]1CCC2(O)C1=CC(C)(C)C[C@H]1C[C@]12C. The van der Waals surface area contributed by atoms with Crippen LogP contribution in [0.4, 0.5) is 0 Å². The number of aliphatic hydroxyl groups is 1. The van der Waals surface area contributed by atoms with E-state index in [9.17, 15) is 5.11 Å². The molecule has 3 aliphatic rings. The molecule has 0 radical (unpaired) electrons. The third-order valence-electron chi connectivity index (χ3n) is 5.62. The normalized spacial score (nSPS) is 53.7. The zero-order valence-corrected chi connectivity index (χ0v) is 11.0. The van der Waals surface area contributed by atoms with Gasteiger partial charge in [-0.05, 0) is 48.5 Å². The Bertz CT molecular complexity index is 368. The molecular weight excluding hydrogens is 196 g/mol. The Morgan fingerprint density at radius 3 is 2.62 bits per heavy atom. The van der Waals surface area contributed by atoms with E-state index in [0.29, 0.717) is 5.92 Å². The highest BCUT2D eigenvalue weighted by molar-refractivity contribution is 5.36. The summed E-state index contributed by atoms with van der Waals surface area (Å²) in [4.78, 5) is 0. The van der Waals surface area contributed by atoms with Gasteiger partial charge < -0.3 is 5.11 Å². The van der Waals surface area contributed by atoms with Gasteiger partial charge in [0.25, 0.3) is 0 Å². The average molecular weight is 220 g/mol. The van der Waals surface area contributed by atoms with Crippen LogP contribution in [0, 0.1) is 22.7 Å². The second-order valence-corrected chi connectivity index (χ2v) is 7.41. The molecule has 1 unspecified atom stereocenters. The lowest BCUT2D eigenvalue weighted by molar-refractivity contribution is 0.00855. The molecule has 0 amide bonds. The van der Waals surface area contributed by atoms with Gasteiger partial charge in [-0.2, -0.15) is 0 Å². The first-order chi connectivity index (χ1) is 7.29. The van der Waals surface area contributed by atoms with Crippen LogP contribution < -0.4 is 0 Å². The molecule has 2 fully saturated rings. The molecule has 2 saturated carbocycles. The van der Waals surface area contributed by atoms with Crippen molar-refractivity contribution in [3.63, 3.8) is 0 Å². The van der Waals surface area contributed by atoms with Gasteiger partial charge in [-0.3, -0.25) is 0 Å². The zero-order chi connectivity index (χ0) is 11.8. The first-order valence-electron chi connectivity index (χ1n) is 6.74. The molecule has 3 rings (SSSR count). The fourth-order valence-electron chi connectivity index (χ4n) is 4.38. The summed E-state index contributed by atoms with van der Waals surface area (Å²) in [5, 5.41) is 11.1. The second kappa shape index (κ2) is 2.75. The van der Waals surface area contributed by atoms with Gasteiger partial charge >= 0.3 is 0 Å². The van der Waals surface area contributed by atoms with Crippen LogP contribution in [0.2, 0.25) is 0 Å². The van der Waals surface area contributed by atoms with Crippen LogP contribution in [0.25, 0.3) is 0 Å². The summed E-state index contributed by atoms with van der Waals surface area (Å²) in [6.45, 7) is 9.25. The van der Waals surface area contributed by atoms with Crippen molar-refractivity contribution in [2.75, 3.05) is 0 Å². The summed E-state index contributed by atoms with van der Waals surface area (Å²) in [7, 11) is 0. The van der Waals surface area contributed by atoms with Crippen molar-refractivity contribution in [3.05, 3.63) is 11.6 Å². The largest absolute Gasteiger partial charge is 0.385 e. The summed E-state index contributed by atoms with van der Waals surface area (Å²) in [5.41, 5.74) is 1.36. The molecule has 1 heteroatoms. The van der Waals surface area contributed by atoms with Crippen molar-refractivity contribution in [2.45, 2.75) is 59.0 Å². The van der Waals surface area contributed by atoms with Crippen molar-refractivity contribution >= 4 is 0 Å². The molecule has 0 bridgehead atoms. The molecule has 0 aromatic rings. The molecule has 0 spiro atoms. The van der Waals surface area contributed by atoms with Gasteiger partial charge in [0.15, 0.2) is 0 Å². The minimum Gasteiger partial charge on any atom is -0.385 e. The smallest absolute Gasteiger partial charge is 0.0915 e. The molecular formula is C15H24O. The highest BCUT2D eigenvalue weighted by Crippen LogP contribution is 2.70. The molecule has 1 nitrogen and oxygen atoms in total. The monoisotopic (exact) mass is 220 g/mol. The molecule has 0 aromatic heterocycles. The molecule has 0 aliphatic heterocycles. The van der Waals surface area contributed by atoms with Gasteiger partial charge in [-0.25, -0.2) is 0 Å². The molecule has 4 atom stereocenters. The van der Waals surface area contributed by atoms with Crippen molar-refractivity contribution in [1.29, 1.82) is 0 Å². The van der Waals surface area contributed by atoms with E-state index in [1.54, 1.807) is 0 Å². The highest BCUT2D eigenvalue weighted by atomic mass is 16.3. The quantitative estimate of drug-likeness (QED) is 0.619. The van der Waals surface area contributed by atoms with Gasteiger partial charge in [0.2, 0.25) is 0 Å². The number of hydrogen-bond donors (Lipinski definition) is 1. The molecule has 90 valence electrons. The van der Waals surface area contributed by atoms with Crippen LogP contribution in [0.15, 0.2) is 11.6 Å². The van der Waals surface area contributed by atoms with Crippen molar-refractivity contribution in [3.8, 4) is 0 Å². The predicted molar refractivity (Wildman–Crippen MR) is 66.0 cm³/mol. The predicted octanol–water partition coefficient (Wildman–Crippen LogP) is 3.53. The first-order valence-corrected chi connectivity index (χ1v) is 6.74. The van der Waals surface area contributed by atoms with Crippen LogP contribution in [0.3, 0.4) is 0 Å². The average Bonchev–Trinajstić information content (AvgIpc) is 2.73. The van der Waals surface area contributed by atoms with Gasteiger partial charge in [0.05, 0.1) is 5.60 Å². The maximum absolute atomic E-state index is 11.1. The fraction of sp³-hybridized carbons (Fsp3) is 0.867. The van der Waals surface area contributed by atoms with E-state index in [2.05, 4.69) is 33.8 Å². The van der Waals surface area contributed by atoms with Gasteiger partial charge in [-0.15, -0.1) is 0 Å². The molecule has 16 heavy (non-hydrogen) atoms. The Balaban J connectivity index is 2.12. The van der Waals surface area contributed by atoms with E-state index < -0.39 is 5.60 Å². The third kappa shape index (κ3) is 1.16. The van der Waals surface area contributed by atoms with Crippen molar-refractivity contribution in [1.82, 2.24) is 0 Å². The van der Waals surface area contributed by atoms with E-state index in [-0.39, 0.29) is 10.8 Å². The van der Waals surface area contributed by atoms with Crippen molar-refractivity contribution in [2.24, 2.45) is 22.7 Å². The van der Waals surface area contributed by atoms with E-state index in [0.717, 1.165) is 12.3 Å². The van der Waals surface area contributed by atoms with E-state index >= 15 is 0 Å². The Hall–Kier alpha value is -0.300. The minimum absolute atomic E-state index is 0.192. The zero-order valence-electron chi connectivity index (χ0n) is 11.0. The number of allylic oxidation sites excluding steroid dienone is 1. The molecule has 3 aliphatic carbocycles. The number of rotatable bonds is 0. The maximum Gasteiger partial charge on any atom is 0.0915 e. The van der Waals surface area contributed by atoms with Crippen LogP contribution >= 0.6 is 0 Å². The lowest BCUT2D eigenvalue weighted by Crippen LogP contribution is -2.38. The van der Waals surface area contributed by atoms with Gasteiger partial charge in [0, 0.05) is 5.41 Å². The number of fused-ring (bicyclic) bond motifs is 3. The Morgan fingerprint density at radius 1 is 1.25 bits per heavy atom. The fourth-order valence-corrected chi connectivity index (χ4v) is 4.38. The Kier molecular flexibility index (Phi) is 1.86. The van der Waals surface area contributed by atoms with Crippen LogP contribution in [-0.4, -0.2) is 10.7 Å². The van der Waals surface area contributed by atoms with Gasteiger partial charge in [0.1, 0.15) is 0 Å². The van der Waals surface area contributed by atoms with E-state index in [4.69, 9.17) is 0 Å². The summed E-state index contributed by atoms with van der Waals surface area (Å²) in [6.07, 6.45) is 7.05. The van der Waals surface area contributed by atoms with Crippen LogP contribution in [0.5, 0.6) is 0 Å². The third-order valence-corrected chi connectivity index (χ3v) is 5.62. The van der Waals surface area contributed by atoms with Crippen LogP contribution in [-0.2, 0) is 0 Å². The van der Waals surface area contributed by atoms with Crippen LogP contribution in [0.1, 0.15) is 53.4 Å². The summed E-state index contributed by atoms with van der Waals surface area (Å²) in [5.74, 6) is 1.33. The standard InChI is InChI=1S/C15H24O/c1-10-5-6-15(16)12(10)9-13(2,3)7-11-8-14(11,15)4/h9-11,16H,5-8H2,1-4H3/t10-,11+,14-,15?/m1/s1. The molecule has 0 heterocycles. The summed E-state index contributed by atoms with van der Waals surface area (Å²) < 4.78 is 0. The molecule has 0 aromatic carbocycles. The summed E-state index contributed by atoms with van der Waals surface area (Å²) >= 11 is 0. The molecule has 0 saturated heterocycles. The minimum atomic E-state index is -0.467.